The Morgan fingerprint density at radius 1 is 1.04 bits per heavy atom. The van der Waals surface area contributed by atoms with Gasteiger partial charge in [-0.2, -0.15) is 0 Å². The molecule has 3 rings (SSSR count). The van der Waals surface area contributed by atoms with Crippen LogP contribution in [0.1, 0.15) is 59.3 Å². The lowest BCUT2D eigenvalue weighted by atomic mass is 9.86. The van der Waals surface area contributed by atoms with Crippen LogP contribution in [0, 0.1) is 0 Å². The van der Waals surface area contributed by atoms with Crippen molar-refractivity contribution in [1.82, 2.24) is 5.32 Å². The number of carbonyl (C=O) groups excluding carboxylic acids is 1. The minimum Gasteiger partial charge on any atom is -0.490 e. The van der Waals surface area contributed by atoms with Crippen LogP contribution in [0.15, 0.2) is 24.3 Å². The van der Waals surface area contributed by atoms with E-state index in [0.29, 0.717) is 12.1 Å². The molecule has 2 saturated carbocycles. The SMILES string of the molecule is CC(C)(C)OC(=O)NC1CC(Nc2ccc(OC3CCCC3)cc2)C1. The largest absolute Gasteiger partial charge is 0.490 e. The number of amides is 1. The van der Waals surface area contributed by atoms with Gasteiger partial charge in [0.05, 0.1) is 6.10 Å². The molecule has 0 unspecified atom stereocenters. The van der Waals surface area contributed by atoms with Gasteiger partial charge in [0.2, 0.25) is 0 Å². The van der Waals surface area contributed by atoms with Crippen molar-refractivity contribution in [2.24, 2.45) is 0 Å². The average molecular weight is 346 g/mol. The van der Waals surface area contributed by atoms with E-state index in [1.54, 1.807) is 0 Å². The highest BCUT2D eigenvalue weighted by Gasteiger charge is 2.31. The molecule has 0 aromatic heterocycles. The molecule has 0 saturated heterocycles. The van der Waals surface area contributed by atoms with Crippen molar-refractivity contribution in [3.05, 3.63) is 24.3 Å². The van der Waals surface area contributed by atoms with E-state index in [9.17, 15) is 4.79 Å². The Morgan fingerprint density at radius 3 is 2.28 bits per heavy atom. The minimum absolute atomic E-state index is 0.192. The first-order valence-electron chi connectivity index (χ1n) is 9.40. The van der Waals surface area contributed by atoms with Gasteiger partial charge in [-0.05, 0) is 83.6 Å². The third-order valence-electron chi connectivity index (χ3n) is 4.69. The predicted octanol–water partition coefficient (Wildman–Crippen LogP) is 4.48. The molecule has 25 heavy (non-hydrogen) atoms. The molecule has 0 heterocycles. The number of hydrogen-bond acceptors (Lipinski definition) is 4. The molecule has 1 amide bonds. The normalized spacial score (nSPS) is 23.6. The smallest absolute Gasteiger partial charge is 0.407 e. The van der Waals surface area contributed by atoms with Crippen molar-refractivity contribution >= 4 is 11.8 Å². The quantitative estimate of drug-likeness (QED) is 0.825. The van der Waals surface area contributed by atoms with Crippen LogP contribution in [0.5, 0.6) is 5.75 Å². The minimum atomic E-state index is -0.451. The van der Waals surface area contributed by atoms with Crippen molar-refractivity contribution in [1.29, 1.82) is 0 Å². The maximum atomic E-state index is 11.7. The van der Waals surface area contributed by atoms with Gasteiger partial charge < -0.3 is 20.1 Å². The highest BCUT2D eigenvalue weighted by atomic mass is 16.6. The third kappa shape index (κ3) is 5.55. The lowest BCUT2D eigenvalue weighted by Gasteiger charge is -2.37. The molecule has 2 N–H and O–H groups in total. The molecule has 2 aliphatic rings. The predicted molar refractivity (Wildman–Crippen MR) is 99.1 cm³/mol. The summed E-state index contributed by atoms with van der Waals surface area (Å²) in [5.74, 6) is 0.954. The van der Waals surface area contributed by atoms with Gasteiger partial charge in [0, 0.05) is 17.8 Å². The number of carbonyl (C=O) groups is 1. The number of anilines is 1. The van der Waals surface area contributed by atoms with E-state index >= 15 is 0 Å². The molecule has 5 heteroatoms. The lowest BCUT2D eigenvalue weighted by Crippen LogP contribution is -2.50. The second-order valence-electron chi connectivity index (χ2n) is 8.20. The van der Waals surface area contributed by atoms with Gasteiger partial charge in [0.1, 0.15) is 11.4 Å². The fraction of sp³-hybridized carbons (Fsp3) is 0.650. The first-order valence-corrected chi connectivity index (χ1v) is 9.40. The van der Waals surface area contributed by atoms with Crippen molar-refractivity contribution < 1.29 is 14.3 Å². The van der Waals surface area contributed by atoms with Gasteiger partial charge in [-0.1, -0.05) is 0 Å². The number of benzene rings is 1. The number of alkyl carbamates (subject to hydrolysis) is 1. The zero-order valence-corrected chi connectivity index (χ0v) is 15.5. The van der Waals surface area contributed by atoms with Crippen LogP contribution in [-0.4, -0.2) is 29.9 Å². The van der Waals surface area contributed by atoms with E-state index in [1.807, 2.05) is 32.9 Å². The van der Waals surface area contributed by atoms with Crippen LogP contribution in [0.25, 0.3) is 0 Å². The molecule has 2 aliphatic carbocycles. The average Bonchev–Trinajstić information content (AvgIpc) is 2.98. The van der Waals surface area contributed by atoms with Crippen molar-refractivity contribution in [3.8, 4) is 5.75 Å². The molecule has 0 bridgehead atoms. The lowest BCUT2D eigenvalue weighted by molar-refractivity contribution is 0.0475. The highest BCUT2D eigenvalue weighted by Crippen LogP contribution is 2.27. The Kier molecular flexibility index (Phi) is 5.40. The zero-order chi connectivity index (χ0) is 17.9. The molecular formula is C20H30N2O3. The Morgan fingerprint density at radius 2 is 1.68 bits per heavy atom. The third-order valence-corrected chi connectivity index (χ3v) is 4.69. The summed E-state index contributed by atoms with van der Waals surface area (Å²) >= 11 is 0. The Bertz CT molecular complexity index is 568. The fourth-order valence-electron chi connectivity index (χ4n) is 3.39. The van der Waals surface area contributed by atoms with E-state index < -0.39 is 5.60 Å². The molecule has 0 atom stereocenters. The first-order chi connectivity index (χ1) is 11.9. The number of ether oxygens (including phenoxy) is 2. The monoisotopic (exact) mass is 346 g/mol. The van der Waals surface area contributed by atoms with Gasteiger partial charge in [-0.3, -0.25) is 0 Å². The molecule has 0 radical (unpaired) electrons. The van der Waals surface area contributed by atoms with Gasteiger partial charge in [0.15, 0.2) is 0 Å². The standard InChI is InChI=1S/C20H30N2O3/c1-20(2,3)25-19(23)22-16-12-15(13-16)21-14-8-10-18(11-9-14)24-17-6-4-5-7-17/h8-11,15-17,21H,4-7,12-13H2,1-3H3,(H,22,23). The van der Waals surface area contributed by atoms with Gasteiger partial charge in [-0.25, -0.2) is 4.79 Å². The molecule has 1 aromatic rings. The van der Waals surface area contributed by atoms with Crippen LogP contribution in [0.4, 0.5) is 10.5 Å². The van der Waals surface area contributed by atoms with E-state index in [0.717, 1.165) is 24.3 Å². The summed E-state index contributed by atoms with van der Waals surface area (Å²) in [6.45, 7) is 5.62. The maximum absolute atomic E-state index is 11.7. The summed E-state index contributed by atoms with van der Waals surface area (Å²) in [6, 6.07) is 8.79. The van der Waals surface area contributed by atoms with Crippen LogP contribution in [0.3, 0.4) is 0 Å². The second-order valence-corrected chi connectivity index (χ2v) is 8.20. The van der Waals surface area contributed by atoms with E-state index in [-0.39, 0.29) is 12.1 Å². The summed E-state index contributed by atoms with van der Waals surface area (Å²) < 4.78 is 11.3. The Labute approximate surface area is 150 Å². The molecular weight excluding hydrogens is 316 g/mol. The maximum Gasteiger partial charge on any atom is 0.407 e. The summed E-state index contributed by atoms with van der Waals surface area (Å²) in [5, 5.41) is 6.42. The molecule has 0 aliphatic heterocycles. The highest BCUT2D eigenvalue weighted by molar-refractivity contribution is 5.68. The number of nitrogens with one attached hydrogen (secondary N) is 2. The van der Waals surface area contributed by atoms with Gasteiger partial charge >= 0.3 is 6.09 Å². The van der Waals surface area contributed by atoms with E-state index in [2.05, 4.69) is 22.8 Å². The summed E-state index contributed by atoms with van der Waals surface area (Å²) in [5.41, 5.74) is 0.646. The van der Waals surface area contributed by atoms with Crippen LogP contribution in [0.2, 0.25) is 0 Å². The van der Waals surface area contributed by atoms with Crippen molar-refractivity contribution in [3.63, 3.8) is 0 Å². The molecule has 5 nitrogen and oxygen atoms in total. The molecule has 2 fully saturated rings. The Balaban J connectivity index is 1.37. The summed E-state index contributed by atoms with van der Waals surface area (Å²) in [7, 11) is 0. The van der Waals surface area contributed by atoms with Gasteiger partial charge in [-0.15, -0.1) is 0 Å². The van der Waals surface area contributed by atoms with Crippen molar-refractivity contribution in [2.45, 2.75) is 83.1 Å². The van der Waals surface area contributed by atoms with Crippen LogP contribution in [-0.2, 0) is 4.74 Å². The fourth-order valence-corrected chi connectivity index (χ4v) is 3.39. The van der Waals surface area contributed by atoms with E-state index in [1.165, 1.54) is 25.7 Å². The molecule has 1 aromatic carbocycles. The van der Waals surface area contributed by atoms with E-state index in [4.69, 9.17) is 9.47 Å². The van der Waals surface area contributed by atoms with Gasteiger partial charge in [0.25, 0.3) is 0 Å². The summed E-state index contributed by atoms with van der Waals surface area (Å²) in [4.78, 5) is 11.7. The van der Waals surface area contributed by atoms with Crippen LogP contribution < -0.4 is 15.4 Å². The number of hydrogen-bond donors (Lipinski definition) is 2. The van der Waals surface area contributed by atoms with Crippen molar-refractivity contribution in [2.75, 3.05) is 5.32 Å². The summed E-state index contributed by atoms with van der Waals surface area (Å²) in [6.07, 6.45) is 6.81. The first kappa shape index (κ1) is 17.9. The van der Waals surface area contributed by atoms with Crippen LogP contribution >= 0.6 is 0 Å². The zero-order valence-electron chi connectivity index (χ0n) is 15.5. The molecule has 138 valence electrons. The Hall–Kier alpha value is -1.91. The number of rotatable bonds is 5. The topological polar surface area (TPSA) is 59.6 Å². The second kappa shape index (κ2) is 7.54. The molecule has 0 spiro atoms.